The first kappa shape index (κ1) is 27.2. The van der Waals surface area contributed by atoms with Crippen LogP contribution in [0.3, 0.4) is 0 Å². The average Bonchev–Trinajstić information content (AvgIpc) is 2.92. The molecule has 0 aromatic heterocycles. The molecule has 0 unspecified atom stereocenters. The summed E-state index contributed by atoms with van der Waals surface area (Å²) in [5.41, 5.74) is 1.08. The van der Waals surface area contributed by atoms with Crippen LogP contribution in [0.15, 0.2) is 81.0 Å². The van der Waals surface area contributed by atoms with Crippen molar-refractivity contribution in [3.05, 3.63) is 71.2 Å². The van der Waals surface area contributed by atoms with Crippen LogP contribution in [0.25, 0.3) is 0 Å². The van der Waals surface area contributed by atoms with Gasteiger partial charge < -0.3 is 14.4 Å². The van der Waals surface area contributed by atoms with Gasteiger partial charge in [-0.15, -0.1) is 0 Å². The molecule has 1 heterocycles. The van der Waals surface area contributed by atoms with E-state index in [0.29, 0.717) is 36.0 Å². The molecular weight excluding hydrogens is 582 g/mol. The second-order valence-corrected chi connectivity index (χ2v) is 13.2. The van der Waals surface area contributed by atoms with Crippen LogP contribution in [-0.4, -0.2) is 68.6 Å². The minimum Gasteiger partial charge on any atom is -0.497 e. The Labute approximate surface area is 226 Å². The Morgan fingerprint density at radius 2 is 1.38 bits per heavy atom. The Balaban J connectivity index is 1.56. The normalized spacial score (nSPS) is 14.9. The highest BCUT2D eigenvalue weighted by Crippen LogP contribution is 2.34. The van der Waals surface area contributed by atoms with Crippen molar-refractivity contribution in [3.8, 4) is 11.5 Å². The van der Waals surface area contributed by atoms with E-state index in [9.17, 15) is 16.8 Å². The van der Waals surface area contributed by atoms with Gasteiger partial charge in [0.15, 0.2) is 0 Å². The van der Waals surface area contributed by atoms with Gasteiger partial charge in [-0.05, 0) is 66.7 Å². The topological polar surface area (TPSA) is 96.5 Å². The lowest BCUT2D eigenvalue weighted by atomic mass is 10.2. The molecule has 9 nitrogen and oxygen atoms in total. The van der Waals surface area contributed by atoms with E-state index in [2.05, 4.69) is 15.9 Å². The highest BCUT2D eigenvalue weighted by Gasteiger charge is 2.30. The highest BCUT2D eigenvalue weighted by molar-refractivity contribution is 9.10. The third kappa shape index (κ3) is 5.57. The average molecular weight is 611 g/mol. The molecule has 3 aromatic rings. The SMILES string of the molecule is COc1ccc(N(C)S(=O)(=O)c2ccc(OC)c(N3CCN(S(=O)(=O)c4ccc(Br)cc4)CC3)c2)cc1. The summed E-state index contributed by atoms with van der Waals surface area (Å²) in [4.78, 5) is 2.28. The third-order valence-electron chi connectivity index (χ3n) is 6.28. The lowest BCUT2D eigenvalue weighted by molar-refractivity contribution is 0.378. The van der Waals surface area contributed by atoms with E-state index in [4.69, 9.17) is 9.47 Å². The van der Waals surface area contributed by atoms with E-state index >= 15 is 0 Å². The van der Waals surface area contributed by atoms with Crippen LogP contribution in [0.5, 0.6) is 11.5 Å². The summed E-state index contributed by atoms with van der Waals surface area (Å²) >= 11 is 3.33. The minimum absolute atomic E-state index is 0.103. The molecule has 198 valence electrons. The van der Waals surface area contributed by atoms with Gasteiger partial charge in [0.25, 0.3) is 10.0 Å². The number of halogens is 1. The van der Waals surface area contributed by atoms with Gasteiger partial charge in [0.1, 0.15) is 11.5 Å². The summed E-state index contributed by atoms with van der Waals surface area (Å²) < 4.78 is 67.1. The summed E-state index contributed by atoms with van der Waals surface area (Å²) in [6.07, 6.45) is 0. The van der Waals surface area contributed by atoms with E-state index in [1.54, 1.807) is 67.8 Å². The number of benzene rings is 3. The fourth-order valence-electron chi connectivity index (χ4n) is 4.09. The van der Waals surface area contributed by atoms with Gasteiger partial charge in [-0.1, -0.05) is 15.9 Å². The van der Waals surface area contributed by atoms with Crippen molar-refractivity contribution < 1.29 is 26.3 Å². The highest BCUT2D eigenvalue weighted by atomic mass is 79.9. The molecule has 1 aliphatic rings. The van der Waals surface area contributed by atoms with Crippen LogP contribution in [-0.2, 0) is 20.0 Å². The maximum atomic E-state index is 13.4. The van der Waals surface area contributed by atoms with Gasteiger partial charge in [-0.25, -0.2) is 16.8 Å². The zero-order valence-electron chi connectivity index (χ0n) is 20.7. The molecule has 1 fully saturated rings. The van der Waals surface area contributed by atoms with Gasteiger partial charge in [0.2, 0.25) is 10.0 Å². The number of sulfonamides is 2. The number of ether oxygens (including phenoxy) is 2. The van der Waals surface area contributed by atoms with E-state index < -0.39 is 20.0 Å². The van der Waals surface area contributed by atoms with E-state index in [0.717, 1.165) is 4.47 Å². The summed E-state index contributed by atoms with van der Waals surface area (Å²) in [6, 6.07) is 18.0. The molecule has 0 radical (unpaired) electrons. The fourth-order valence-corrected chi connectivity index (χ4v) is 6.99. The van der Waals surface area contributed by atoms with Gasteiger partial charge in [-0.2, -0.15) is 4.31 Å². The predicted molar refractivity (Wildman–Crippen MR) is 147 cm³/mol. The summed E-state index contributed by atoms with van der Waals surface area (Å²) in [5, 5.41) is 0. The van der Waals surface area contributed by atoms with Crippen LogP contribution in [0.1, 0.15) is 0 Å². The molecule has 4 rings (SSSR count). The van der Waals surface area contributed by atoms with Crippen molar-refractivity contribution >= 4 is 47.4 Å². The Morgan fingerprint density at radius 3 is 1.95 bits per heavy atom. The second kappa shape index (κ2) is 10.9. The van der Waals surface area contributed by atoms with E-state index in [1.165, 1.54) is 28.8 Å². The molecule has 0 N–H and O–H groups in total. The summed E-state index contributed by atoms with van der Waals surface area (Å²) in [7, 11) is -2.95. The number of methoxy groups -OCH3 is 2. The van der Waals surface area contributed by atoms with Gasteiger partial charge in [0, 0.05) is 37.7 Å². The molecular formula is C25H28BrN3O6S2. The molecule has 3 aromatic carbocycles. The van der Waals surface area contributed by atoms with Crippen LogP contribution >= 0.6 is 15.9 Å². The Kier molecular flexibility index (Phi) is 8.02. The van der Waals surface area contributed by atoms with Crippen molar-refractivity contribution in [2.45, 2.75) is 9.79 Å². The van der Waals surface area contributed by atoms with Crippen LogP contribution in [0, 0.1) is 0 Å². The molecule has 0 bridgehead atoms. The molecule has 0 spiro atoms. The lowest BCUT2D eigenvalue weighted by Gasteiger charge is -2.36. The first-order valence-electron chi connectivity index (χ1n) is 11.4. The lowest BCUT2D eigenvalue weighted by Crippen LogP contribution is -2.48. The second-order valence-electron chi connectivity index (χ2n) is 8.35. The van der Waals surface area contributed by atoms with E-state index in [-0.39, 0.29) is 22.9 Å². The molecule has 12 heteroatoms. The van der Waals surface area contributed by atoms with Crippen molar-refractivity contribution in [2.75, 3.05) is 56.7 Å². The monoisotopic (exact) mass is 609 g/mol. The smallest absolute Gasteiger partial charge is 0.264 e. The van der Waals surface area contributed by atoms with Crippen molar-refractivity contribution in [3.63, 3.8) is 0 Å². The molecule has 0 amide bonds. The largest absolute Gasteiger partial charge is 0.497 e. The maximum absolute atomic E-state index is 13.4. The van der Waals surface area contributed by atoms with Crippen LogP contribution in [0.2, 0.25) is 0 Å². The first-order valence-corrected chi connectivity index (χ1v) is 15.1. The minimum atomic E-state index is -3.87. The van der Waals surface area contributed by atoms with Gasteiger partial charge in [0.05, 0.1) is 35.4 Å². The molecule has 1 saturated heterocycles. The third-order valence-corrected chi connectivity index (χ3v) is 10.5. The Morgan fingerprint density at radius 1 is 0.784 bits per heavy atom. The van der Waals surface area contributed by atoms with Crippen molar-refractivity contribution in [1.29, 1.82) is 0 Å². The number of rotatable bonds is 8. The summed E-state index contributed by atoms with van der Waals surface area (Å²) in [5.74, 6) is 1.14. The first-order chi connectivity index (χ1) is 17.6. The Bertz CT molecular complexity index is 1460. The number of piperazine rings is 1. The molecule has 37 heavy (non-hydrogen) atoms. The summed E-state index contributed by atoms with van der Waals surface area (Å²) in [6.45, 7) is 1.27. The number of anilines is 2. The molecule has 0 atom stereocenters. The molecule has 0 saturated carbocycles. The van der Waals surface area contributed by atoms with E-state index in [1.807, 2.05) is 4.90 Å². The Hall–Kier alpha value is -2.80. The number of hydrogen-bond donors (Lipinski definition) is 0. The van der Waals surface area contributed by atoms with Crippen LogP contribution in [0.4, 0.5) is 11.4 Å². The zero-order valence-corrected chi connectivity index (χ0v) is 23.9. The van der Waals surface area contributed by atoms with Crippen molar-refractivity contribution in [1.82, 2.24) is 4.31 Å². The zero-order chi connectivity index (χ0) is 26.8. The number of nitrogens with zero attached hydrogens (tertiary/aromatic N) is 3. The van der Waals surface area contributed by atoms with Crippen molar-refractivity contribution in [2.24, 2.45) is 0 Å². The van der Waals surface area contributed by atoms with Crippen LogP contribution < -0.4 is 18.7 Å². The molecule has 0 aliphatic carbocycles. The van der Waals surface area contributed by atoms with Gasteiger partial charge >= 0.3 is 0 Å². The fraction of sp³-hybridized carbons (Fsp3) is 0.280. The van der Waals surface area contributed by atoms with Gasteiger partial charge in [-0.3, -0.25) is 4.31 Å². The maximum Gasteiger partial charge on any atom is 0.264 e. The predicted octanol–water partition coefficient (Wildman–Crippen LogP) is 3.80. The molecule has 1 aliphatic heterocycles. The quantitative estimate of drug-likeness (QED) is 0.383. The standard InChI is InChI=1S/C25H28BrN3O6S2/c1-27(20-6-8-21(34-2)9-7-20)36(30,31)23-12-13-25(35-3)24(18-23)28-14-16-29(17-15-28)37(32,33)22-10-4-19(26)5-11-22/h4-13,18H,14-17H2,1-3H3. The number of hydrogen-bond acceptors (Lipinski definition) is 7.